The molecule has 11 nitrogen and oxygen atoms in total. The third-order valence-corrected chi connectivity index (χ3v) is 28.0. The molecule has 18 aromatic carbocycles. The first-order valence-corrected chi connectivity index (χ1v) is 45.3. The average Bonchev–Trinajstić information content (AvgIpc) is 1.58. The Hall–Kier alpha value is -17.0. The molecule has 28 rings (SSSR count). The minimum absolute atomic E-state index is 0.622. The van der Waals surface area contributed by atoms with Gasteiger partial charge in [0.2, 0.25) is 5.95 Å². The number of thiophene rings is 2. The van der Waals surface area contributed by atoms with Gasteiger partial charge in [-0.1, -0.05) is 273 Å². The molecule has 0 fully saturated rings. The summed E-state index contributed by atoms with van der Waals surface area (Å²) >= 11 is 3.77. The lowest BCUT2D eigenvalue weighted by molar-refractivity contribution is 0.673. The fourth-order valence-corrected chi connectivity index (χ4v) is 22.3. The van der Waals surface area contributed by atoms with E-state index >= 15 is 0 Å². The highest BCUT2D eigenvalue weighted by molar-refractivity contribution is 7.27. The normalized spacial score (nSPS) is 11.8. The molecular formula is C117H72N10OS2. The monoisotopic (exact) mass is 1700 g/mol. The highest BCUT2D eigenvalue weighted by atomic mass is 32.1. The van der Waals surface area contributed by atoms with Gasteiger partial charge in [-0.3, -0.25) is 9.13 Å². The first-order chi connectivity index (χ1) is 64.5. The average molecular weight is 1700 g/mol. The van der Waals surface area contributed by atoms with E-state index in [0.717, 1.165) is 128 Å². The first kappa shape index (κ1) is 74.5. The second-order valence-corrected chi connectivity index (χ2v) is 35.0. The molecule has 13 heteroatoms. The van der Waals surface area contributed by atoms with Crippen molar-refractivity contribution in [2.75, 3.05) is 0 Å². The molecule has 130 heavy (non-hydrogen) atoms. The van der Waals surface area contributed by atoms with Crippen molar-refractivity contribution in [1.29, 1.82) is 0 Å². The van der Waals surface area contributed by atoms with Gasteiger partial charge in [0.1, 0.15) is 17.0 Å². The number of benzene rings is 18. The molecule has 0 aliphatic heterocycles. The van der Waals surface area contributed by atoms with Crippen molar-refractivity contribution < 1.29 is 4.42 Å². The zero-order valence-corrected chi connectivity index (χ0v) is 71.4. The maximum Gasteiger partial charge on any atom is 0.235 e. The van der Waals surface area contributed by atoms with Crippen LogP contribution >= 0.6 is 22.7 Å². The maximum absolute atomic E-state index is 6.47. The molecule has 28 aromatic rings. The van der Waals surface area contributed by atoms with Crippen molar-refractivity contribution >= 4 is 183 Å². The Labute approximate surface area is 752 Å². The van der Waals surface area contributed by atoms with E-state index in [2.05, 4.69) is 399 Å². The first-order valence-electron chi connectivity index (χ1n) is 43.7. The van der Waals surface area contributed by atoms with Crippen LogP contribution < -0.4 is 0 Å². The minimum Gasteiger partial charge on any atom is -0.455 e. The molecule has 0 aliphatic carbocycles. The van der Waals surface area contributed by atoms with Crippen LogP contribution in [0.25, 0.3) is 246 Å². The van der Waals surface area contributed by atoms with Crippen LogP contribution in [0.2, 0.25) is 0 Å². The number of para-hydroxylation sites is 9. The Kier molecular flexibility index (Phi) is 17.4. The number of imidazole rings is 1. The van der Waals surface area contributed by atoms with Gasteiger partial charge in [0.25, 0.3) is 0 Å². The largest absolute Gasteiger partial charge is 0.455 e. The lowest BCUT2D eigenvalue weighted by atomic mass is 10.1. The van der Waals surface area contributed by atoms with Gasteiger partial charge in [-0.2, -0.15) is 0 Å². The quantitative estimate of drug-likeness (QED) is 0.135. The van der Waals surface area contributed by atoms with Crippen LogP contribution in [0.1, 0.15) is 0 Å². The molecule has 608 valence electrons. The van der Waals surface area contributed by atoms with Crippen LogP contribution in [0.3, 0.4) is 0 Å². The van der Waals surface area contributed by atoms with Crippen LogP contribution in [0.5, 0.6) is 0 Å². The lowest BCUT2D eigenvalue weighted by Crippen LogP contribution is -2.02. The van der Waals surface area contributed by atoms with E-state index in [4.69, 9.17) is 29.3 Å². The molecule has 0 atom stereocenters. The summed E-state index contributed by atoms with van der Waals surface area (Å²) in [6, 6.07) is 152. The number of hydrogen-bond acceptors (Lipinski definition) is 8. The minimum atomic E-state index is 0.622. The second-order valence-electron chi connectivity index (χ2n) is 32.9. The molecule has 0 amide bonds. The van der Waals surface area contributed by atoms with Crippen molar-refractivity contribution in [2.24, 2.45) is 0 Å². The third kappa shape index (κ3) is 12.1. The molecule has 0 radical (unpaired) electrons. The van der Waals surface area contributed by atoms with Crippen molar-refractivity contribution in [3.63, 3.8) is 0 Å². The van der Waals surface area contributed by atoms with Crippen LogP contribution in [-0.2, 0) is 0 Å². The van der Waals surface area contributed by atoms with Crippen LogP contribution in [-0.4, -0.2) is 47.8 Å². The van der Waals surface area contributed by atoms with Crippen LogP contribution in [0.4, 0.5) is 0 Å². The van der Waals surface area contributed by atoms with E-state index in [9.17, 15) is 0 Å². The molecule has 10 heterocycles. The molecule has 0 saturated heterocycles. The Balaban J connectivity index is 0.000000103. The SMILES string of the molecule is c1cc(-c2ccnc(-n3c4ccccc4c4c5oc6ccccc6c5ccc43)n2)cc(-n2c3ccccc3c3ccccc32)c1.c1ccc(-c2cc(-c3ccccc3)nc(-c3ccc(-n4c5ccccc5c5c6sc7ccccc7c6ccc54)cc3)n2)cc1.c1ccc(-n2c(-c3cccc(-n4c5ccccc5c5c6sc7ccccc7c6ccc54)c3)nc3ccccc32)cc1. The number of aromatic nitrogens is 10. The number of furan rings is 1. The summed E-state index contributed by atoms with van der Waals surface area (Å²) in [7, 11) is 0. The van der Waals surface area contributed by atoms with Gasteiger partial charge in [-0.25, -0.2) is 24.9 Å². The molecule has 0 N–H and O–H groups in total. The van der Waals surface area contributed by atoms with Crippen LogP contribution in [0, 0.1) is 0 Å². The predicted octanol–water partition coefficient (Wildman–Crippen LogP) is 31.3. The number of hydrogen-bond donors (Lipinski definition) is 0. The van der Waals surface area contributed by atoms with Gasteiger partial charge in [0.05, 0.1) is 77.6 Å². The van der Waals surface area contributed by atoms with Crippen LogP contribution in [0.15, 0.2) is 441 Å². The lowest BCUT2D eigenvalue weighted by Gasteiger charge is -2.12. The Morgan fingerprint density at radius 2 is 0.638 bits per heavy atom. The zero-order valence-electron chi connectivity index (χ0n) is 69.8. The second kappa shape index (κ2) is 30.4. The smallest absolute Gasteiger partial charge is 0.235 e. The summed E-state index contributed by atoms with van der Waals surface area (Å²) in [5, 5.41) is 17.4. The fourth-order valence-electron chi connectivity index (χ4n) is 19.8. The van der Waals surface area contributed by atoms with E-state index in [1.54, 1.807) is 0 Å². The third-order valence-electron chi connectivity index (χ3n) is 25.6. The van der Waals surface area contributed by atoms with Crippen molar-refractivity contribution in [1.82, 2.24) is 47.8 Å². The van der Waals surface area contributed by atoms with Gasteiger partial charge in [0, 0.05) is 146 Å². The highest BCUT2D eigenvalue weighted by Gasteiger charge is 2.25. The van der Waals surface area contributed by atoms with E-state index < -0.39 is 0 Å². The van der Waals surface area contributed by atoms with E-state index in [1.807, 2.05) is 83.5 Å². The summed E-state index contributed by atoms with van der Waals surface area (Å²) < 4.78 is 23.4. The molecule has 0 spiro atoms. The Morgan fingerprint density at radius 3 is 1.22 bits per heavy atom. The Morgan fingerprint density at radius 1 is 0.223 bits per heavy atom. The van der Waals surface area contributed by atoms with Gasteiger partial charge < -0.3 is 18.1 Å². The molecule has 0 aliphatic rings. The standard InChI is InChI=1S/C40H24N4O.C40H25N3S.C37H23N3S/c1-5-16-33-27(12-1)28-13-2-6-17-34(28)43(33)26-11-9-10-25(24-26)32-22-23-41-40(42-32)44-35-18-7-3-15-31(35)38-36(44)21-20-30-29-14-4-8-19-37(29)45-39(30)38;1-3-11-26(12-4-1)33-25-34(27-13-5-2-6-14-27)42-40(41-33)28-19-21-29(22-20-28)43-35-17-9-7-16-32(35)38-36(43)24-23-31-30-15-8-10-18-37(30)44-39(31)38;1-2-12-25(13-3-1)40-32-19-8-6-17-30(32)38-37(40)24-11-10-14-26(23-24)39-31-18-7-4-16-29(31)35-33(39)22-21-28-27-15-5-9-20-34(27)41-36(28)35/h1-24H;1-25H;1-23H. The summed E-state index contributed by atoms with van der Waals surface area (Å²) in [5.74, 6) is 2.27. The molecule has 0 bridgehead atoms. The number of fused-ring (bicyclic) bond motifs is 25. The molecule has 0 saturated carbocycles. The molecular weight excluding hydrogens is 1630 g/mol. The summed E-state index contributed by atoms with van der Waals surface area (Å²) in [5.41, 5.74) is 25.5. The van der Waals surface area contributed by atoms with E-state index in [-0.39, 0.29) is 0 Å². The van der Waals surface area contributed by atoms with Crippen molar-refractivity contribution in [3.8, 4) is 85.2 Å². The molecule has 0 unspecified atom stereocenters. The van der Waals surface area contributed by atoms with Gasteiger partial charge in [-0.15, -0.1) is 22.7 Å². The van der Waals surface area contributed by atoms with Crippen molar-refractivity contribution in [3.05, 3.63) is 437 Å². The highest BCUT2D eigenvalue weighted by Crippen LogP contribution is 2.48. The van der Waals surface area contributed by atoms with Crippen molar-refractivity contribution in [2.45, 2.75) is 0 Å². The summed E-state index contributed by atoms with van der Waals surface area (Å²) in [4.78, 5) is 25.2. The van der Waals surface area contributed by atoms with E-state index in [0.29, 0.717) is 11.8 Å². The van der Waals surface area contributed by atoms with Gasteiger partial charge in [0.15, 0.2) is 5.82 Å². The van der Waals surface area contributed by atoms with E-state index in [1.165, 1.54) is 106 Å². The Bertz CT molecular complexity index is 9290. The number of nitrogens with zero attached hydrogens (tertiary/aromatic N) is 10. The summed E-state index contributed by atoms with van der Waals surface area (Å²) in [6.45, 7) is 0. The predicted molar refractivity (Wildman–Crippen MR) is 543 cm³/mol. The van der Waals surface area contributed by atoms with Gasteiger partial charge in [-0.05, 0) is 158 Å². The maximum atomic E-state index is 6.47. The number of rotatable bonds is 10. The van der Waals surface area contributed by atoms with Gasteiger partial charge >= 0.3 is 0 Å². The molecule has 10 aromatic heterocycles. The fraction of sp³-hybridized carbons (Fsp3) is 0. The zero-order chi connectivity index (χ0) is 85.4. The summed E-state index contributed by atoms with van der Waals surface area (Å²) in [6.07, 6.45) is 1.85. The topological polar surface area (TPSA) is 102 Å².